The highest BCUT2D eigenvalue weighted by molar-refractivity contribution is 6.31. The van der Waals surface area contributed by atoms with Crippen LogP contribution in [0.5, 0.6) is 17.2 Å². The van der Waals surface area contributed by atoms with Gasteiger partial charge in [-0.2, -0.15) is 0 Å². The van der Waals surface area contributed by atoms with Gasteiger partial charge in [-0.25, -0.2) is 4.39 Å². The molecule has 22 heavy (non-hydrogen) atoms. The van der Waals surface area contributed by atoms with Crippen molar-refractivity contribution in [2.24, 2.45) is 0 Å². The molecule has 3 rings (SSSR count). The summed E-state index contributed by atoms with van der Waals surface area (Å²) in [5, 5.41) is 10.5. The summed E-state index contributed by atoms with van der Waals surface area (Å²) in [7, 11) is 1.91. The smallest absolute Gasteiger partial charge is 0.231 e. The Kier molecular flexibility index (Phi) is 4.09. The fourth-order valence-electron chi connectivity index (χ4n) is 2.51. The summed E-state index contributed by atoms with van der Waals surface area (Å²) in [6.45, 7) is 1.08. The topological polar surface area (TPSA) is 43.1 Å². The summed E-state index contributed by atoms with van der Waals surface area (Å²) in [5.41, 5.74) is 1.19. The first-order valence-electron chi connectivity index (χ1n) is 6.90. The number of quaternary nitrogens is 1. The maximum atomic E-state index is 13.8. The number of aromatic hydroxyl groups is 1. The van der Waals surface area contributed by atoms with E-state index in [4.69, 9.17) is 21.1 Å². The van der Waals surface area contributed by atoms with E-state index in [1.807, 2.05) is 7.05 Å². The van der Waals surface area contributed by atoms with Crippen LogP contribution in [-0.4, -0.2) is 18.9 Å². The first-order valence-corrected chi connectivity index (χ1v) is 7.28. The van der Waals surface area contributed by atoms with Gasteiger partial charge in [0.05, 0.1) is 23.2 Å². The lowest BCUT2D eigenvalue weighted by Crippen LogP contribution is -3.06. The van der Waals surface area contributed by atoms with E-state index in [0.29, 0.717) is 40.7 Å². The third kappa shape index (κ3) is 2.96. The number of halogens is 2. The van der Waals surface area contributed by atoms with Gasteiger partial charge in [0, 0.05) is 6.07 Å². The molecule has 0 bridgehead atoms. The van der Waals surface area contributed by atoms with E-state index in [1.54, 1.807) is 24.3 Å². The largest absolute Gasteiger partial charge is 0.507 e. The monoisotopic (exact) mass is 324 g/mol. The lowest BCUT2D eigenvalue weighted by molar-refractivity contribution is -0.907. The van der Waals surface area contributed by atoms with E-state index >= 15 is 0 Å². The van der Waals surface area contributed by atoms with Crippen LogP contribution in [0.1, 0.15) is 11.1 Å². The first kappa shape index (κ1) is 14.9. The lowest BCUT2D eigenvalue weighted by atomic mass is 10.1. The minimum Gasteiger partial charge on any atom is -0.507 e. The lowest BCUT2D eigenvalue weighted by Gasteiger charge is -2.16. The van der Waals surface area contributed by atoms with Crippen LogP contribution in [-0.2, 0) is 13.1 Å². The molecule has 1 heterocycles. The normalized spacial score (nSPS) is 14.1. The standard InChI is InChI=1S/C16H15ClFNO3/c1-19(8-11-12(17)3-2-4-13(11)18)7-10-5-15-16(6-14(10)20)22-9-21-15/h2-6,20H,7-9H2,1H3/p+1. The molecule has 1 atom stereocenters. The number of hydrogen-bond acceptors (Lipinski definition) is 3. The summed E-state index contributed by atoms with van der Waals surface area (Å²) in [5.74, 6) is 0.977. The summed E-state index contributed by atoms with van der Waals surface area (Å²) in [4.78, 5) is 0.987. The molecule has 0 saturated carbocycles. The third-order valence-corrected chi connectivity index (χ3v) is 3.96. The van der Waals surface area contributed by atoms with E-state index in [2.05, 4.69) is 0 Å². The zero-order chi connectivity index (χ0) is 15.7. The van der Waals surface area contributed by atoms with Gasteiger partial charge in [-0.15, -0.1) is 0 Å². The van der Waals surface area contributed by atoms with Crippen molar-refractivity contribution in [1.82, 2.24) is 0 Å². The van der Waals surface area contributed by atoms with Crippen LogP contribution in [0, 0.1) is 5.82 Å². The number of benzene rings is 2. The minimum absolute atomic E-state index is 0.142. The highest BCUT2D eigenvalue weighted by Gasteiger charge is 2.20. The molecule has 0 spiro atoms. The van der Waals surface area contributed by atoms with Gasteiger partial charge in [0.25, 0.3) is 0 Å². The molecule has 2 aromatic rings. The molecule has 2 aromatic carbocycles. The van der Waals surface area contributed by atoms with Gasteiger partial charge in [0.2, 0.25) is 6.79 Å². The fourth-order valence-corrected chi connectivity index (χ4v) is 2.74. The Labute approximate surface area is 132 Å². The number of ether oxygens (including phenoxy) is 2. The van der Waals surface area contributed by atoms with Crippen molar-refractivity contribution in [3.63, 3.8) is 0 Å². The average molecular weight is 325 g/mol. The highest BCUT2D eigenvalue weighted by Crippen LogP contribution is 2.37. The Hall–Kier alpha value is -1.98. The van der Waals surface area contributed by atoms with E-state index in [9.17, 15) is 9.50 Å². The quantitative estimate of drug-likeness (QED) is 0.905. The molecule has 0 aromatic heterocycles. The third-order valence-electron chi connectivity index (χ3n) is 3.61. The number of phenolic OH excluding ortho intramolecular Hbond substituents is 1. The molecule has 4 nitrogen and oxygen atoms in total. The van der Waals surface area contributed by atoms with Gasteiger partial charge < -0.3 is 19.5 Å². The van der Waals surface area contributed by atoms with Crippen LogP contribution in [0.25, 0.3) is 0 Å². The first-order chi connectivity index (χ1) is 10.5. The van der Waals surface area contributed by atoms with E-state index in [-0.39, 0.29) is 18.4 Å². The highest BCUT2D eigenvalue weighted by atomic mass is 35.5. The maximum absolute atomic E-state index is 13.8. The molecular weight excluding hydrogens is 309 g/mol. The predicted octanol–water partition coefficient (Wildman–Crippen LogP) is 2.13. The molecule has 0 amide bonds. The van der Waals surface area contributed by atoms with Gasteiger partial charge in [-0.1, -0.05) is 17.7 Å². The zero-order valence-corrected chi connectivity index (χ0v) is 12.8. The van der Waals surface area contributed by atoms with Crippen molar-refractivity contribution in [2.75, 3.05) is 13.8 Å². The Morgan fingerprint density at radius 1 is 1.23 bits per heavy atom. The minimum atomic E-state index is -0.318. The zero-order valence-electron chi connectivity index (χ0n) is 12.0. The molecule has 2 N–H and O–H groups in total. The van der Waals surface area contributed by atoms with Gasteiger partial charge in [-0.3, -0.25) is 0 Å². The second-order valence-electron chi connectivity index (χ2n) is 5.35. The molecule has 6 heteroatoms. The van der Waals surface area contributed by atoms with Crippen LogP contribution in [0.15, 0.2) is 30.3 Å². The van der Waals surface area contributed by atoms with Crippen molar-refractivity contribution in [3.05, 3.63) is 52.3 Å². The van der Waals surface area contributed by atoms with Gasteiger partial charge in [0.15, 0.2) is 11.5 Å². The molecule has 0 aliphatic carbocycles. The van der Waals surface area contributed by atoms with E-state index < -0.39 is 0 Å². The van der Waals surface area contributed by atoms with Crippen LogP contribution < -0.4 is 14.4 Å². The van der Waals surface area contributed by atoms with Crippen molar-refractivity contribution in [1.29, 1.82) is 0 Å². The Morgan fingerprint density at radius 2 is 1.95 bits per heavy atom. The SMILES string of the molecule is C[NH+](Cc1cc2c(cc1O)OCO2)Cc1c(F)cccc1Cl. The Morgan fingerprint density at radius 3 is 2.68 bits per heavy atom. The molecule has 1 aliphatic heterocycles. The summed E-state index contributed by atoms with van der Waals surface area (Å²) >= 11 is 6.05. The Bertz CT molecular complexity index is 688. The van der Waals surface area contributed by atoms with Gasteiger partial charge in [-0.05, 0) is 18.2 Å². The van der Waals surface area contributed by atoms with E-state index in [0.717, 1.165) is 4.90 Å². The second-order valence-corrected chi connectivity index (χ2v) is 5.75. The molecular formula is C16H16ClFNO3+. The van der Waals surface area contributed by atoms with E-state index in [1.165, 1.54) is 6.07 Å². The number of nitrogens with one attached hydrogen (secondary N) is 1. The molecule has 0 radical (unpaired) electrons. The summed E-state index contributed by atoms with van der Waals surface area (Å²) in [6, 6.07) is 7.95. The predicted molar refractivity (Wildman–Crippen MR) is 79.9 cm³/mol. The van der Waals surface area contributed by atoms with Crippen molar-refractivity contribution >= 4 is 11.6 Å². The molecule has 116 valence electrons. The van der Waals surface area contributed by atoms with Crippen LogP contribution in [0.4, 0.5) is 4.39 Å². The average Bonchev–Trinajstić information content (AvgIpc) is 2.90. The van der Waals surface area contributed by atoms with Crippen LogP contribution in [0.3, 0.4) is 0 Å². The van der Waals surface area contributed by atoms with Gasteiger partial charge >= 0.3 is 0 Å². The Balaban J connectivity index is 1.76. The maximum Gasteiger partial charge on any atom is 0.231 e. The van der Waals surface area contributed by atoms with Crippen LogP contribution >= 0.6 is 11.6 Å². The number of phenols is 1. The molecule has 1 unspecified atom stereocenters. The molecule has 0 saturated heterocycles. The van der Waals surface area contributed by atoms with Crippen molar-refractivity contribution < 1.29 is 23.9 Å². The molecule has 0 fully saturated rings. The summed E-state index contributed by atoms with van der Waals surface area (Å²) in [6.07, 6.45) is 0. The van der Waals surface area contributed by atoms with Gasteiger partial charge in [0.1, 0.15) is 24.7 Å². The number of hydrogen-bond donors (Lipinski definition) is 2. The van der Waals surface area contributed by atoms with Crippen molar-refractivity contribution in [2.45, 2.75) is 13.1 Å². The van der Waals surface area contributed by atoms with Crippen LogP contribution in [0.2, 0.25) is 5.02 Å². The number of fused-ring (bicyclic) bond motifs is 1. The summed E-state index contributed by atoms with van der Waals surface area (Å²) < 4.78 is 24.3. The van der Waals surface area contributed by atoms with Crippen molar-refractivity contribution in [3.8, 4) is 17.2 Å². The molecule has 1 aliphatic rings. The number of rotatable bonds is 4. The second kappa shape index (κ2) is 6.02. The fraction of sp³-hybridized carbons (Fsp3) is 0.250.